The first-order chi connectivity index (χ1) is 14.2. The van der Waals surface area contributed by atoms with Gasteiger partial charge in [0, 0.05) is 10.8 Å². The molecule has 0 fully saturated rings. The number of hydrogen-bond acceptors (Lipinski definition) is 3. The van der Waals surface area contributed by atoms with E-state index in [0.29, 0.717) is 20.3 Å². The van der Waals surface area contributed by atoms with E-state index >= 15 is 8.78 Å². The number of halogens is 5. The molecule has 0 aliphatic carbocycles. The van der Waals surface area contributed by atoms with Crippen molar-refractivity contribution >= 4 is 0 Å². The molecule has 1 N–H and O–H groups in total. The van der Waals surface area contributed by atoms with Gasteiger partial charge in [0.25, 0.3) is 5.92 Å². The van der Waals surface area contributed by atoms with E-state index in [-0.39, 0.29) is 11.8 Å². The topological polar surface area (TPSA) is 38.7 Å². The first kappa shape index (κ1) is 32.5. The Morgan fingerprint density at radius 3 is 1.55 bits per heavy atom. The third kappa shape index (κ3) is 6.60. The van der Waals surface area contributed by atoms with Crippen LogP contribution in [0.5, 0.6) is 0 Å². The molecule has 0 spiro atoms. The van der Waals surface area contributed by atoms with Gasteiger partial charge in [-0.25, -0.2) is 8.78 Å². The summed E-state index contributed by atoms with van der Waals surface area (Å²) >= 11 is 0. The number of aliphatic hydroxyl groups is 1. The van der Waals surface area contributed by atoms with Gasteiger partial charge < -0.3 is 14.6 Å². The van der Waals surface area contributed by atoms with Crippen molar-refractivity contribution in [2.45, 2.75) is 133 Å². The zero-order chi connectivity index (χ0) is 27.1. The Kier molecular flexibility index (Phi) is 9.74. The minimum absolute atomic E-state index is 0.0671. The number of rotatable bonds is 11. The van der Waals surface area contributed by atoms with Gasteiger partial charge in [-0.05, 0) is 58.8 Å². The quantitative estimate of drug-likeness (QED) is 0.234. The highest BCUT2D eigenvalue weighted by atomic mass is 19.4. The fourth-order valence-corrected chi connectivity index (χ4v) is 4.22. The second-order valence-electron chi connectivity index (χ2n) is 12.5. The van der Waals surface area contributed by atoms with Gasteiger partial charge in [0.1, 0.15) is 5.41 Å². The average Bonchev–Trinajstić information content (AvgIpc) is 2.57. The standard InChI is InChI=1S/C25H47F5O3/c1-14-23(13,19(4,5)6)18(31)32-17(3)33-20(7,8)15-16(2)21(9,10)24(26,27)22(11,12)25(28,29)30/h16-18,31H,14-15H2,1-13H3. The molecule has 0 aromatic rings. The summed E-state index contributed by atoms with van der Waals surface area (Å²) in [5.74, 6) is -4.85. The second kappa shape index (κ2) is 9.88. The highest BCUT2D eigenvalue weighted by Gasteiger charge is 2.69. The van der Waals surface area contributed by atoms with Gasteiger partial charge in [0.05, 0.1) is 5.60 Å². The van der Waals surface area contributed by atoms with Crippen LogP contribution in [0.15, 0.2) is 0 Å². The Labute approximate surface area is 197 Å². The van der Waals surface area contributed by atoms with Gasteiger partial charge in [-0.1, -0.05) is 55.4 Å². The molecule has 8 heteroatoms. The predicted octanol–water partition coefficient (Wildman–Crippen LogP) is 8.20. The van der Waals surface area contributed by atoms with Crippen LogP contribution in [0.4, 0.5) is 22.0 Å². The largest absolute Gasteiger partial charge is 0.399 e. The highest BCUT2D eigenvalue weighted by molar-refractivity contribution is 5.02. The van der Waals surface area contributed by atoms with E-state index in [1.807, 2.05) is 34.6 Å². The molecule has 33 heavy (non-hydrogen) atoms. The molecule has 0 amide bonds. The van der Waals surface area contributed by atoms with Crippen LogP contribution in [0.1, 0.15) is 103 Å². The zero-order valence-electron chi connectivity index (χ0n) is 22.8. The second-order valence-corrected chi connectivity index (χ2v) is 12.5. The van der Waals surface area contributed by atoms with E-state index < -0.39 is 52.4 Å². The number of alkyl halides is 5. The molecular weight excluding hydrogens is 443 g/mol. The molecule has 3 nitrogen and oxygen atoms in total. The SMILES string of the molecule is CCC(C)(C(O)OC(C)OC(C)(C)CC(C)C(C)(C)C(F)(F)C(C)(C)C(F)(F)F)C(C)(C)C. The lowest BCUT2D eigenvalue weighted by molar-refractivity contribution is -0.322. The van der Waals surface area contributed by atoms with E-state index in [1.54, 1.807) is 20.8 Å². The van der Waals surface area contributed by atoms with E-state index in [2.05, 4.69) is 0 Å². The van der Waals surface area contributed by atoms with Crippen molar-refractivity contribution in [2.75, 3.05) is 0 Å². The average molecular weight is 491 g/mol. The van der Waals surface area contributed by atoms with E-state index in [4.69, 9.17) is 9.47 Å². The van der Waals surface area contributed by atoms with Crippen LogP contribution >= 0.6 is 0 Å². The van der Waals surface area contributed by atoms with Gasteiger partial charge in [-0.3, -0.25) is 0 Å². The summed E-state index contributed by atoms with van der Waals surface area (Å²) < 4.78 is 82.3. The summed E-state index contributed by atoms with van der Waals surface area (Å²) in [4.78, 5) is 0. The van der Waals surface area contributed by atoms with Crippen LogP contribution in [-0.4, -0.2) is 35.4 Å². The molecule has 0 saturated heterocycles. The molecule has 0 aliphatic heterocycles. The third-order valence-corrected chi connectivity index (χ3v) is 8.13. The molecule has 0 aliphatic rings. The number of ether oxygens (including phenoxy) is 2. The fraction of sp³-hybridized carbons (Fsp3) is 1.00. The normalized spacial score (nSPS) is 19.7. The maximum atomic E-state index is 15.2. The van der Waals surface area contributed by atoms with Crippen molar-refractivity contribution in [2.24, 2.45) is 27.6 Å². The molecule has 0 heterocycles. The zero-order valence-corrected chi connectivity index (χ0v) is 22.8. The third-order valence-electron chi connectivity index (χ3n) is 8.13. The highest BCUT2D eigenvalue weighted by Crippen LogP contribution is 2.59. The first-order valence-electron chi connectivity index (χ1n) is 11.7. The van der Waals surface area contributed by atoms with E-state index in [1.165, 1.54) is 20.8 Å². The van der Waals surface area contributed by atoms with Crippen LogP contribution in [0.3, 0.4) is 0 Å². The smallest absolute Gasteiger partial charge is 0.367 e. The molecular formula is C25H47F5O3. The lowest BCUT2D eigenvalue weighted by Gasteiger charge is -2.49. The number of aliphatic hydroxyl groups excluding tert-OH is 1. The minimum Gasteiger partial charge on any atom is -0.367 e. The van der Waals surface area contributed by atoms with Gasteiger partial charge >= 0.3 is 6.18 Å². The van der Waals surface area contributed by atoms with Crippen molar-refractivity contribution in [1.82, 2.24) is 0 Å². The Balaban J connectivity index is 5.52. The molecule has 0 aromatic heterocycles. The van der Waals surface area contributed by atoms with Crippen LogP contribution in [0, 0.1) is 27.6 Å². The van der Waals surface area contributed by atoms with Crippen LogP contribution in [-0.2, 0) is 9.47 Å². The van der Waals surface area contributed by atoms with Crippen molar-refractivity contribution < 1.29 is 36.5 Å². The molecule has 200 valence electrons. The van der Waals surface area contributed by atoms with Crippen molar-refractivity contribution in [3.63, 3.8) is 0 Å². The Bertz CT molecular complexity index is 635. The molecule has 0 bridgehead atoms. The summed E-state index contributed by atoms with van der Waals surface area (Å²) in [5, 5.41) is 10.7. The number of hydrogen-bond donors (Lipinski definition) is 1. The van der Waals surface area contributed by atoms with Gasteiger partial charge in [-0.2, -0.15) is 13.2 Å². The molecule has 0 saturated carbocycles. The summed E-state index contributed by atoms with van der Waals surface area (Å²) in [6.07, 6.45) is -6.32. The van der Waals surface area contributed by atoms with Crippen LogP contribution in [0.25, 0.3) is 0 Å². The lowest BCUT2D eigenvalue weighted by Crippen LogP contribution is -2.58. The van der Waals surface area contributed by atoms with E-state index in [9.17, 15) is 18.3 Å². The maximum absolute atomic E-state index is 15.2. The fourth-order valence-electron chi connectivity index (χ4n) is 4.22. The predicted molar refractivity (Wildman–Crippen MR) is 122 cm³/mol. The van der Waals surface area contributed by atoms with Crippen LogP contribution < -0.4 is 0 Å². The van der Waals surface area contributed by atoms with E-state index in [0.717, 1.165) is 0 Å². The van der Waals surface area contributed by atoms with Crippen molar-refractivity contribution in [3.05, 3.63) is 0 Å². The van der Waals surface area contributed by atoms with Gasteiger partial charge in [0.2, 0.25) is 0 Å². The van der Waals surface area contributed by atoms with Crippen molar-refractivity contribution in [1.29, 1.82) is 0 Å². The minimum atomic E-state index is -5.06. The van der Waals surface area contributed by atoms with Crippen molar-refractivity contribution in [3.8, 4) is 0 Å². The van der Waals surface area contributed by atoms with Gasteiger partial charge in [0.15, 0.2) is 12.6 Å². The Hall–Kier alpha value is -0.470. The molecule has 0 aromatic carbocycles. The Morgan fingerprint density at radius 2 is 1.21 bits per heavy atom. The summed E-state index contributed by atoms with van der Waals surface area (Å²) in [5.41, 5.74) is -6.97. The molecule has 0 radical (unpaired) electrons. The Morgan fingerprint density at radius 1 is 0.788 bits per heavy atom. The molecule has 4 unspecified atom stereocenters. The lowest BCUT2D eigenvalue weighted by atomic mass is 9.63. The summed E-state index contributed by atoms with van der Waals surface area (Å²) in [6, 6.07) is 0. The summed E-state index contributed by atoms with van der Waals surface area (Å²) in [7, 11) is 0. The summed E-state index contributed by atoms with van der Waals surface area (Å²) in [6.45, 7) is 19.8. The van der Waals surface area contributed by atoms with Crippen LogP contribution in [0.2, 0.25) is 0 Å². The first-order valence-corrected chi connectivity index (χ1v) is 11.7. The monoisotopic (exact) mass is 490 g/mol. The van der Waals surface area contributed by atoms with Gasteiger partial charge in [-0.15, -0.1) is 0 Å². The maximum Gasteiger partial charge on any atom is 0.399 e. The molecule has 4 atom stereocenters. The molecule has 0 rings (SSSR count).